The predicted molar refractivity (Wildman–Crippen MR) is 64.7 cm³/mol. The first-order valence-corrected chi connectivity index (χ1v) is 6.65. The Labute approximate surface area is 101 Å². The van der Waals surface area contributed by atoms with Gasteiger partial charge in [-0.15, -0.1) is 0 Å². The summed E-state index contributed by atoms with van der Waals surface area (Å²) in [6, 6.07) is 7.66. The highest BCUT2D eigenvalue weighted by Crippen LogP contribution is 2.17. The highest BCUT2D eigenvalue weighted by molar-refractivity contribution is 7.89. The topological polar surface area (TPSA) is 80.5 Å². The fourth-order valence-corrected chi connectivity index (χ4v) is 3.05. The van der Waals surface area contributed by atoms with Crippen molar-refractivity contribution in [2.75, 3.05) is 6.54 Å². The molecule has 1 aromatic carbocycles. The number of hydrogen-bond donors (Lipinski definition) is 1. The van der Waals surface area contributed by atoms with Crippen LogP contribution in [-0.4, -0.2) is 31.2 Å². The van der Waals surface area contributed by atoms with Crippen molar-refractivity contribution in [1.82, 2.24) is 4.31 Å². The molecule has 0 spiro atoms. The quantitative estimate of drug-likeness (QED) is 0.836. The third kappa shape index (κ3) is 3.28. The molecule has 94 valence electrons. The fourth-order valence-electron chi connectivity index (χ4n) is 1.43. The normalized spacial score (nSPS) is 12.0. The van der Waals surface area contributed by atoms with Gasteiger partial charge in [0.15, 0.2) is 0 Å². The van der Waals surface area contributed by atoms with E-state index in [0.717, 1.165) is 4.31 Å². The largest absolute Gasteiger partial charge is 0.369 e. The molecule has 0 radical (unpaired) electrons. The maximum atomic E-state index is 12.2. The standard InChI is InChI=1S/C11H16N2O3S/c1-9(2)13(8-11(12)14)17(15,16)10-6-4-3-5-7-10/h3-7,9H,8H2,1-2H3,(H2,12,14). The Kier molecular flexibility index (Phi) is 4.25. The second kappa shape index (κ2) is 5.29. The summed E-state index contributed by atoms with van der Waals surface area (Å²) in [5.74, 6) is -0.668. The lowest BCUT2D eigenvalue weighted by Crippen LogP contribution is -2.42. The number of carbonyl (C=O) groups excluding carboxylic acids is 1. The number of primary amides is 1. The molecule has 0 aliphatic carbocycles. The summed E-state index contributed by atoms with van der Waals surface area (Å²) in [5.41, 5.74) is 5.06. The van der Waals surface area contributed by atoms with Gasteiger partial charge in [0.05, 0.1) is 11.4 Å². The summed E-state index contributed by atoms with van der Waals surface area (Å²) in [4.78, 5) is 11.1. The number of amides is 1. The van der Waals surface area contributed by atoms with Crippen LogP contribution >= 0.6 is 0 Å². The second-order valence-corrected chi connectivity index (χ2v) is 5.81. The lowest BCUT2D eigenvalue weighted by Gasteiger charge is -2.24. The number of rotatable bonds is 5. The van der Waals surface area contributed by atoms with Gasteiger partial charge in [0.1, 0.15) is 0 Å². The Balaban J connectivity index is 3.14. The van der Waals surface area contributed by atoms with Crippen molar-refractivity contribution in [3.05, 3.63) is 30.3 Å². The predicted octanol–water partition coefficient (Wildman–Crippen LogP) is 0.571. The van der Waals surface area contributed by atoms with Crippen molar-refractivity contribution in [3.63, 3.8) is 0 Å². The summed E-state index contributed by atoms with van der Waals surface area (Å²) < 4.78 is 25.5. The third-order valence-corrected chi connectivity index (χ3v) is 4.27. The van der Waals surface area contributed by atoms with Gasteiger partial charge in [-0.1, -0.05) is 18.2 Å². The van der Waals surface area contributed by atoms with Gasteiger partial charge in [-0.2, -0.15) is 4.31 Å². The smallest absolute Gasteiger partial charge is 0.243 e. The Morgan fingerprint density at radius 3 is 2.24 bits per heavy atom. The van der Waals surface area contributed by atoms with E-state index in [2.05, 4.69) is 0 Å². The Morgan fingerprint density at radius 1 is 1.29 bits per heavy atom. The molecule has 0 aliphatic heterocycles. The molecular weight excluding hydrogens is 240 g/mol. The maximum Gasteiger partial charge on any atom is 0.243 e. The monoisotopic (exact) mass is 256 g/mol. The van der Waals surface area contributed by atoms with Crippen LogP contribution in [0, 0.1) is 0 Å². The maximum absolute atomic E-state index is 12.2. The van der Waals surface area contributed by atoms with E-state index in [-0.39, 0.29) is 17.5 Å². The van der Waals surface area contributed by atoms with E-state index < -0.39 is 15.9 Å². The van der Waals surface area contributed by atoms with E-state index in [9.17, 15) is 13.2 Å². The van der Waals surface area contributed by atoms with Crippen LogP contribution < -0.4 is 5.73 Å². The number of sulfonamides is 1. The molecule has 0 atom stereocenters. The van der Waals surface area contributed by atoms with Gasteiger partial charge in [-0.3, -0.25) is 4.79 Å². The van der Waals surface area contributed by atoms with E-state index >= 15 is 0 Å². The molecule has 0 aliphatic rings. The number of nitrogens with two attached hydrogens (primary N) is 1. The molecule has 0 aromatic heterocycles. The zero-order valence-electron chi connectivity index (χ0n) is 9.83. The second-order valence-electron chi connectivity index (χ2n) is 3.92. The van der Waals surface area contributed by atoms with Gasteiger partial charge in [-0.05, 0) is 26.0 Å². The molecule has 0 heterocycles. The van der Waals surface area contributed by atoms with Crippen molar-refractivity contribution in [2.24, 2.45) is 5.73 Å². The average molecular weight is 256 g/mol. The number of carbonyl (C=O) groups is 1. The van der Waals surface area contributed by atoms with Crippen LogP contribution in [0.1, 0.15) is 13.8 Å². The molecule has 6 heteroatoms. The van der Waals surface area contributed by atoms with Crippen LogP contribution in [-0.2, 0) is 14.8 Å². The highest BCUT2D eigenvalue weighted by atomic mass is 32.2. The summed E-state index contributed by atoms with van der Waals surface area (Å²) in [6.07, 6.45) is 0. The average Bonchev–Trinajstić information content (AvgIpc) is 2.26. The van der Waals surface area contributed by atoms with Crippen molar-refractivity contribution in [2.45, 2.75) is 24.8 Å². The summed E-state index contributed by atoms with van der Waals surface area (Å²) in [7, 11) is -3.66. The van der Waals surface area contributed by atoms with Crippen molar-refractivity contribution >= 4 is 15.9 Å². The molecule has 0 fully saturated rings. The molecule has 17 heavy (non-hydrogen) atoms. The number of hydrogen-bond acceptors (Lipinski definition) is 3. The van der Waals surface area contributed by atoms with Gasteiger partial charge in [0.25, 0.3) is 0 Å². The van der Waals surface area contributed by atoms with E-state index in [1.54, 1.807) is 32.0 Å². The van der Waals surface area contributed by atoms with Crippen LogP contribution in [0.5, 0.6) is 0 Å². The first kappa shape index (κ1) is 13.7. The van der Waals surface area contributed by atoms with Gasteiger partial charge in [0.2, 0.25) is 15.9 Å². The van der Waals surface area contributed by atoms with E-state index in [1.807, 2.05) is 0 Å². The minimum absolute atomic E-state index is 0.162. The summed E-state index contributed by atoms with van der Waals surface area (Å²) in [6.45, 7) is 3.09. The van der Waals surface area contributed by atoms with Crippen LogP contribution in [0.2, 0.25) is 0 Å². The summed E-state index contributed by atoms with van der Waals surface area (Å²) >= 11 is 0. The molecule has 1 amide bonds. The molecule has 1 aromatic rings. The number of nitrogens with zero attached hydrogens (tertiary/aromatic N) is 1. The lowest BCUT2D eigenvalue weighted by atomic mass is 10.4. The van der Waals surface area contributed by atoms with Crippen molar-refractivity contribution < 1.29 is 13.2 Å². The minimum Gasteiger partial charge on any atom is -0.369 e. The molecule has 0 saturated carbocycles. The first-order chi connectivity index (χ1) is 7.85. The van der Waals surface area contributed by atoms with Crippen LogP contribution in [0.15, 0.2) is 35.2 Å². The van der Waals surface area contributed by atoms with Gasteiger partial charge >= 0.3 is 0 Å². The molecule has 1 rings (SSSR count). The zero-order chi connectivity index (χ0) is 13.1. The first-order valence-electron chi connectivity index (χ1n) is 5.21. The third-order valence-electron chi connectivity index (χ3n) is 2.24. The van der Waals surface area contributed by atoms with Gasteiger partial charge < -0.3 is 5.73 Å². The molecule has 0 saturated heterocycles. The highest BCUT2D eigenvalue weighted by Gasteiger charge is 2.27. The molecular formula is C11H16N2O3S. The SMILES string of the molecule is CC(C)N(CC(N)=O)S(=O)(=O)c1ccccc1. The van der Waals surface area contributed by atoms with Crippen LogP contribution in [0.3, 0.4) is 0 Å². The Hall–Kier alpha value is -1.40. The molecule has 2 N–H and O–H groups in total. The number of benzene rings is 1. The van der Waals surface area contributed by atoms with Gasteiger partial charge in [0, 0.05) is 6.04 Å². The van der Waals surface area contributed by atoms with E-state index in [4.69, 9.17) is 5.73 Å². The van der Waals surface area contributed by atoms with E-state index in [1.165, 1.54) is 12.1 Å². The molecule has 0 bridgehead atoms. The van der Waals surface area contributed by atoms with Crippen LogP contribution in [0.25, 0.3) is 0 Å². The minimum atomic E-state index is -3.66. The molecule has 5 nitrogen and oxygen atoms in total. The van der Waals surface area contributed by atoms with Crippen LogP contribution in [0.4, 0.5) is 0 Å². The fraction of sp³-hybridized carbons (Fsp3) is 0.364. The van der Waals surface area contributed by atoms with Crippen molar-refractivity contribution in [3.8, 4) is 0 Å². The van der Waals surface area contributed by atoms with E-state index in [0.29, 0.717) is 0 Å². The van der Waals surface area contributed by atoms with Crippen molar-refractivity contribution in [1.29, 1.82) is 0 Å². The lowest BCUT2D eigenvalue weighted by molar-refractivity contribution is -0.118. The Morgan fingerprint density at radius 2 is 1.82 bits per heavy atom. The molecule has 0 unspecified atom stereocenters. The summed E-state index contributed by atoms with van der Waals surface area (Å²) in [5, 5.41) is 0. The van der Waals surface area contributed by atoms with Gasteiger partial charge in [-0.25, -0.2) is 8.42 Å². The Bertz CT molecular complexity index is 483. The zero-order valence-corrected chi connectivity index (χ0v) is 10.6.